The molecule has 0 unspecified atom stereocenters. The maximum atomic E-state index is 12.5. The minimum absolute atomic E-state index is 0.0682. The molecule has 0 spiro atoms. The number of carbonyl (C=O) groups excluding carboxylic acids is 2. The van der Waals surface area contributed by atoms with Crippen molar-refractivity contribution < 1.29 is 22.8 Å². The van der Waals surface area contributed by atoms with Gasteiger partial charge in [-0.05, 0) is 24.6 Å². The lowest BCUT2D eigenvalue weighted by Crippen LogP contribution is -2.16. The molecule has 0 radical (unpaired) electrons. The highest BCUT2D eigenvalue weighted by Crippen LogP contribution is 2.33. The van der Waals surface area contributed by atoms with Crippen molar-refractivity contribution in [2.24, 2.45) is 5.73 Å². The molecule has 0 atom stereocenters. The smallest absolute Gasteiger partial charge is 0.366 e. The average molecular weight is 231 g/mol. The Balaban J connectivity index is 3.55. The van der Waals surface area contributed by atoms with Gasteiger partial charge >= 0.3 is 6.18 Å². The van der Waals surface area contributed by atoms with Gasteiger partial charge in [0.25, 0.3) is 0 Å². The van der Waals surface area contributed by atoms with Crippen LogP contribution >= 0.6 is 0 Å². The number of benzene rings is 1. The van der Waals surface area contributed by atoms with E-state index < -0.39 is 23.2 Å². The first kappa shape index (κ1) is 12.2. The van der Waals surface area contributed by atoms with Crippen molar-refractivity contribution in [2.75, 3.05) is 0 Å². The summed E-state index contributed by atoms with van der Waals surface area (Å²) in [5.74, 6) is -0.967. The first-order valence-corrected chi connectivity index (χ1v) is 4.24. The van der Waals surface area contributed by atoms with Crippen molar-refractivity contribution in [3.8, 4) is 0 Å². The van der Waals surface area contributed by atoms with Crippen LogP contribution in [0.2, 0.25) is 0 Å². The van der Waals surface area contributed by atoms with E-state index in [1.165, 1.54) is 6.92 Å². The molecule has 0 bridgehead atoms. The second-order valence-electron chi connectivity index (χ2n) is 3.23. The van der Waals surface area contributed by atoms with Crippen LogP contribution in [0.15, 0.2) is 12.1 Å². The van der Waals surface area contributed by atoms with Crippen LogP contribution in [0.3, 0.4) is 0 Å². The molecular weight excluding hydrogens is 223 g/mol. The van der Waals surface area contributed by atoms with Crippen molar-refractivity contribution in [2.45, 2.75) is 13.1 Å². The monoisotopic (exact) mass is 231 g/mol. The fourth-order valence-corrected chi connectivity index (χ4v) is 1.33. The third-order valence-electron chi connectivity index (χ3n) is 2.09. The van der Waals surface area contributed by atoms with Crippen LogP contribution < -0.4 is 5.73 Å². The predicted octanol–water partition coefficient (Wildman–Crippen LogP) is 1.93. The van der Waals surface area contributed by atoms with Gasteiger partial charge in [-0.25, -0.2) is 0 Å². The Hall–Kier alpha value is -1.85. The number of primary amides is 1. The lowest BCUT2D eigenvalue weighted by molar-refractivity contribution is -0.137. The van der Waals surface area contributed by atoms with E-state index >= 15 is 0 Å². The first-order valence-electron chi connectivity index (χ1n) is 4.24. The highest BCUT2D eigenvalue weighted by Gasteiger charge is 2.34. The summed E-state index contributed by atoms with van der Waals surface area (Å²) >= 11 is 0. The molecule has 0 aliphatic rings. The number of aldehydes is 1. The number of hydrogen-bond acceptors (Lipinski definition) is 2. The molecule has 0 fully saturated rings. The van der Waals surface area contributed by atoms with Crippen LogP contribution in [0.1, 0.15) is 31.8 Å². The molecule has 0 saturated heterocycles. The molecule has 3 nitrogen and oxygen atoms in total. The van der Waals surface area contributed by atoms with Gasteiger partial charge in [0, 0.05) is 11.1 Å². The zero-order chi connectivity index (χ0) is 12.5. The number of halogens is 3. The van der Waals surface area contributed by atoms with Gasteiger partial charge in [0.1, 0.15) is 0 Å². The normalized spacial score (nSPS) is 11.2. The molecule has 0 aliphatic carbocycles. The van der Waals surface area contributed by atoms with E-state index in [1.807, 2.05) is 0 Å². The van der Waals surface area contributed by atoms with E-state index in [4.69, 9.17) is 5.73 Å². The van der Waals surface area contributed by atoms with Gasteiger partial charge in [-0.2, -0.15) is 13.2 Å². The summed E-state index contributed by atoms with van der Waals surface area (Å²) in [6, 6.07) is 1.74. The summed E-state index contributed by atoms with van der Waals surface area (Å²) in [6.07, 6.45) is -4.57. The SMILES string of the molecule is Cc1cc(C(N)=O)cc(C(F)(F)F)c1C=O. The van der Waals surface area contributed by atoms with E-state index in [9.17, 15) is 22.8 Å². The minimum Gasteiger partial charge on any atom is -0.366 e. The number of amides is 1. The zero-order valence-electron chi connectivity index (χ0n) is 8.26. The molecule has 6 heteroatoms. The lowest BCUT2D eigenvalue weighted by Gasteiger charge is -2.12. The molecule has 16 heavy (non-hydrogen) atoms. The average Bonchev–Trinajstić information content (AvgIpc) is 2.14. The van der Waals surface area contributed by atoms with Gasteiger partial charge in [-0.3, -0.25) is 9.59 Å². The van der Waals surface area contributed by atoms with E-state index in [0.717, 1.165) is 6.07 Å². The molecule has 0 aliphatic heterocycles. The highest BCUT2D eigenvalue weighted by molar-refractivity contribution is 5.94. The standard InChI is InChI=1S/C10H8F3NO2/c1-5-2-6(9(14)16)3-8(7(5)4-15)10(11,12)13/h2-4H,1H3,(H2,14,16). The molecule has 0 heterocycles. The predicted molar refractivity (Wildman–Crippen MR) is 50.1 cm³/mol. The second kappa shape index (κ2) is 3.96. The van der Waals surface area contributed by atoms with E-state index in [2.05, 4.69) is 0 Å². The molecular formula is C10H8F3NO2. The molecule has 0 saturated carbocycles. The largest absolute Gasteiger partial charge is 0.417 e. The Morgan fingerprint density at radius 3 is 2.31 bits per heavy atom. The summed E-state index contributed by atoms with van der Waals surface area (Å²) in [7, 11) is 0. The molecule has 86 valence electrons. The molecule has 2 N–H and O–H groups in total. The quantitative estimate of drug-likeness (QED) is 0.790. The van der Waals surface area contributed by atoms with Gasteiger partial charge in [-0.1, -0.05) is 0 Å². The fourth-order valence-electron chi connectivity index (χ4n) is 1.33. The summed E-state index contributed by atoms with van der Waals surface area (Å²) < 4.78 is 37.6. The Morgan fingerprint density at radius 1 is 1.38 bits per heavy atom. The first-order chi connectivity index (χ1) is 7.27. The number of nitrogens with two attached hydrogens (primary N) is 1. The van der Waals surface area contributed by atoms with E-state index in [1.54, 1.807) is 0 Å². The van der Waals surface area contributed by atoms with Crippen molar-refractivity contribution in [1.29, 1.82) is 0 Å². The lowest BCUT2D eigenvalue weighted by atomic mass is 9.98. The minimum atomic E-state index is -4.69. The second-order valence-corrected chi connectivity index (χ2v) is 3.23. The number of alkyl halides is 3. The fraction of sp³-hybridized carbons (Fsp3) is 0.200. The summed E-state index contributed by atoms with van der Waals surface area (Å²) in [6.45, 7) is 1.31. The summed E-state index contributed by atoms with van der Waals surface area (Å²) in [5.41, 5.74) is 3.07. The van der Waals surface area contributed by atoms with E-state index in [-0.39, 0.29) is 17.4 Å². The van der Waals surface area contributed by atoms with Crippen molar-refractivity contribution in [3.05, 3.63) is 34.4 Å². The number of aryl methyl sites for hydroxylation is 1. The molecule has 1 aromatic carbocycles. The van der Waals surface area contributed by atoms with Gasteiger partial charge in [0.15, 0.2) is 6.29 Å². The molecule has 0 aromatic heterocycles. The summed E-state index contributed by atoms with van der Waals surface area (Å²) in [4.78, 5) is 21.4. The molecule has 1 amide bonds. The number of hydrogen-bond donors (Lipinski definition) is 1. The van der Waals surface area contributed by atoms with Gasteiger partial charge < -0.3 is 5.73 Å². The maximum absolute atomic E-state index is 12.5. The number of carbonyl (C=O) groups is 2. The third-order valence-corrected chi connectivity index (χ3v) is 2.09. The summed E-state index contributed by atoms with van der Waals surface area (Å²) in [5, 5.41) is 0. The van der Waals surface area contributed by atoms with Crippen LogP contribution in [0.25, 0.3) is 0 Å². The van der Waals surface area contributed by atoms with Crippen LogP contribution in [0.5, 0.6) is 0 Å². The van der Waals surface area contributed by atoms with Crippen LogP contribution in [0, 0.1) is 6.92 Å². The third kappa shape index (κ3) is 2.21. The Labute approximate surface area is 89.1 Å². The van der Waals surface area contributed by atoms with Gasteiger partial charge in [-0.15, -0.1) is 0 Å². The van der Waals surface area contributed by atoms with E-state index in [0.29, 0.717) is 6.07 Å². The van der Waals surface area contributed by atoms with Gasteiger partial charge in [0.2, 0.25) is 5.91 Å². The van der Waals surface area contributed by atoms with Crippen molar-refractivity contribution in [3.63, 3.8) is 0 Å². The Kier molecular flexibility index (Phi) is 3.02. The highest BCUT2D eigenvalue weighted by atomic mass is 19.4. The van der Waals surface area contributed by atoms with Crippen molar-refractivity contribution in [1.82, 2.24) is 0 Å². The van der Waals surface area contributed by atoms with Crippen molar-refractivity contribution >= 4 is 12.2 Å². The van der Waals surface area contributed by atoms with Gasteiger partial charge in [0.05, 0.1) is 5.56 Å². The van der Waals surface area contributed by atoms with Crippen LogP contribution in [-0.4, -0.2) is 12.2 Å². The Morgan fingerprint density at radius 2 is 1.94 bits per heavy atom. The Bertz CT molecular complexity index is 452. The maximum Gasteiger partial charge on any atom is 0.417 e. The molecule has 1 aromatic rings. The zero-order valence-corrected chi connectivity index (χ0v) is 8.26. The van der Waals surface area contributed by atoms with Crippen LogP contribution in [-0.2, 0) is 6.18 Å². The molecule has 1 rings (SSSR count). The van der Waals surface area contributed by atoms with Crippen LogP contribution in [0.4, 0.5) is 13.2 Å². The topological polar surface area (TPSA) is 60.2 Å². The number of rotatable bonds is 2.